The van der Waals surface area contributed by atoms with Crippen molar-refractivity contribution >= 4 is 29.0 Å². The van der Waals surface area contributed by atoms with E-state index in [4.69, 9.17) is 4.74 Å². The van der Waals surface area contributed by atoms with E-state index in [1.807, 2.05) is 6.07 Å². The Kier molecular flexibility index (Phi) is 4.45. The van der Waals surface area contributed by atoms with Crippen LogP contribution in [0.5, 0.6) is 5.75 Å². The van der Waals surface area contributed by atoms with Gasteiger partial charge in [-0.2, -0.15) is 0 Å². The fourth-order valence-corrected chi connectivity index (χ4v) is 2.32. The standard InChI is InChI=1S/C14H17N3O.ClH/c1-18-13-8-11-2-3-12(9-14(11)16-10-13)17-6-4-15-5-7-17;/h2-3,8-10,15H,4-7H2,1H3;1H. The van der Waals surface area contributed by atoms with Gasteiger partial charge in [0.2, 0.25) is 0 Å². The van der Waals surface area contributed by atoms with Gasteiger partial charge in [-0.05, 0) is 18.2 Å². The fourth-order valence-electron chi connectivity index (χ4n) is 2.32. The number of piperazine rings is 1. The summed E-state index contributed by atoms with van der Waals surface area (Å²) in [6.07, 6.45) is 1.77. The Balaban J connectivity index is 0.00000133. The van der Waals surface area contributed by atoms with E-state index in [-0.39, 0.29) is 12.4 Å². The first-order valence-electron chi connectivity index (χ1n) is 6.26. The number of rotatable bonds is 2. The minimum atomic E-state index is 0. The molecule has 0 saturated carbocycles. The van der Waals surface area contributed by atoms with Gasteiger partial charge >= 0.3 is 0 Å². The van der Waals surface area contributed by atoms with Gasteiger partial charge in [0, 0.05) is 37.3 Å². The molecule has 0 amide bonds. The van der Waals surface area contributed by atoms with Crippen molar-refractivity contribution < 1.29 is 4.74 Å². The molecule has 0 atom stereocenters. The number of aromatic nitrogens is 1. The molecule has 0 radical (unpaired) electrons. The molecule has 2 heterocycles. The molecule has 1 aromatic heterocycles. The van der Waals surface area contributed by atoms with E-state index >= 15 is 0 Å². The van der Waals surface area contributed by atoms with E-state index in [1.165, 1.54) is 5.69 Å². The minimum absolute atomic E-state index is 0. The lowest BCUT2D eigenvalue weighted by atomic mass is 10.1. The fraction of sp³-hybridized carbons (Fsp3) is 0.357. The first-order valence-corrected chi connectivity index (χ1v) is 6.26. The van der Waals surface area contributed by atoms with E-state index in [0.29, 0.717) is 0 Å². The first kappa shape index (κ1) is 13.9. The van der Waals surface area contributed by atoms with Gasteiger partial charge in [-0.15, -0.1) is 12.4 Å². The van der Waals surface area contributed by atoms with Crippen molar-refractivity contribution in [1.82, 2.24) is 10.3 Å². The zero-order valence-corrected chi connectivity index (χ0v) is 11.7. The van der Waals surface area contributed by atoms with E-state index < -0.39 is 0 Å². The van der Waals surface area contributed by atoms with Gasteiger partial charge in [0.1, 0.15) is 5.75 Å². The molecular formula is C14H18ClN3O. The third-order valence-electron chi connectivity index (χ3n) is 3.36. The van der Waals surface area contributed by atoms with Crippen molar-refractivity contribution in [2.24, 2.45) is 0 Å². The van der Waals surface area contributed by atoms with Crippen LogP contribution in [0, 0.1) is 0 Å². The quantitative estimate of drug-likeness (QED) is 0.913. The summed E-state index contributed by atoms with van der Waals surface area (Å²) < 4.78 is 5.19. The van der Waals surface area contributed by atoms with Crippen molar-refractivity contribution in [2.45, 2.75) is 0 Å². The van der Waals surface area contributed by atoms with Crippen LogP contribution in [0.25, 0.3) is 10.9 Å². The lowest BCUT2D eigenvalue weighted by molar-refractivity contribution is 0.414. The number of halogens is 1. The van der Waals surface area contributed by atoms with Crippen LogP contribution >= 0.6 is 12.4 Å². The molecule has 0 unspecified atom stereocenters. The van der Waals surface area contributed by atoms with Gasteiger partial charge in [0.15, 0.2) is 0 Å². The largest absolute Gasteiger partial charge is 0.495 e. The zero-order chi connectivity index (χ0) is 12.4. The Morgan fingerprint density at radius 2 is 2.00 bits per heavy atom. The summed E-state index contributed by atoms with van der Waals surface area (Å²) in [4.78, 5) is 6.83. The molecule has 19 heavy (non-hydrogen) atoms. The highest BCUT2D eigenvalue weighted by Crippen LogP contribution is 2.23. The highest BCUT2D eigenvalue weighted by atomic mass is 35.5. The number of anilines is 1. The lowest BCUT2D eigenvalue weighted by Gasteiger charge is -2.29. The summed E-state index contributed by atoms with van der Waals surface area (Å²) in [6, 6.07) is 8.45. The number of ether oxygens (including phenoxy) is 1. The van der Waals surface area contributed by atoms with Crippen molar-refractivity contribution in [2.75, 3.05) is 38.2 Å². The molecule has 0 spiro atoms. The zero-order valence-electron chi connectivity index (χ0n) is 10.9. The molecule has 1 aliphatic rings. The highest BCUT2D eigenvalue weighted by molar-refractivity contribution is 5.85. The summed E-state index contributed by atoms with van der Waals surface area (Å²) >= 11 is 0. The predicted octanol–water partition coefficient (Wildman–Crippen LogP) is 2.07. The van der Waals surface area contributed by atoms with Crippen LogP contribution in [0.3, 0.4) is 0 Å². The van der Waals surface area contributed by atoms with Gasteiger partial charge in [0.25, 0.3) is 0 Å². The molecular weight excluding hydrogens is 262 g/mol. The average molecular weight is 280 g/mol. The van der Waals surface area contributed by atoms with Crippen molar-refractivity contribution in [3.63, 3.8) is 0 Å². The smallest absolute Gasteiger partial charge is 0.137 e. The van der Waals surface area contributed by atoms with E-state index in [2.05, 4.69) is 33.4 Å². The molecule has 5 heteroatoms. The first-order chi connectivity index (χ1) is 8.86. The summed E-state index contributed by atoms with van der Waals surface area (Å²) in [5.41, 5.74) is 2.27. The number of hydrogen-bond donors (Lipinski definition) is 1. The second-order valence-corrected chi connectivity index (χ2v) is 4.49. The molecule has 0 bridgehead atoms. The van der Waals surface area contributed by atoms with Gasteiger partial charge in [-0.3, -0.25) is 4.98 Å². The Morgan fingerprint density at radius 3 is 2.74 bits per heavy atom. The van der Waals surface area contributed by atoms with Crippen LogP contribution in [-0.4, -0.2) is 38.3 Å². The van der Waals surface area contributed by atoms with Crippen LogP contribution in [0.2, 0.25) is 0 Å². The molecule has 0 aliphatic carbocycles. The SMILES string of the molecule is COc1cnc2cc(N3CCNCC3)ccc2c1.Cl. The van der Waals surface area contributed by atoms with Gasteiger partial charge < -0.3 is 15.0 Å². The molecule has 1 fully saturated rings. The number of nitrogens with one attached hydrogen (secondary N) is 1. The predicted molar refractivity (Wildman–Crippen MR) is 80.6 cm³/mol. The third-order valence-corrected chi connectivity index (χ3v) is 3.36. The summed E-state index contributed by atoms with van der Waals surface area (Å²) in [5.74, 6) is 0.803. The van der Waals surface area contributed by atoms with Crippen LogP contribution in [0.15, 0.2) is 30.5 Å². The van der Waals surface area contributed by atoms with Gasteiger partial charge in [0.05, 0.1) is 18.8 Å². The maximum atomic E-state index is 5.19. The molecule has 4 nitrogen and oxygen atoms in total. The maximum absolute atomic E-state index is 5.19. The van der Waals surface area contributed by atoms with E-state index in [0.717, 1.165) is 42.8 Å². The molecule has 1 aliphatic heterocycles. The number of fused-ring (bicyclic) bond motifs is 1. The second kappa shape index (κ2) is 6.08. The number of benzene rings is 1. The number of pyridine rings is 1. The highest BCUT2D eigenvalue weighted by Gasteiger charge is 2.10. The van der Waals surface area contributed by atoms with Crippen molar-refractivity contribution in [3.8, 4) is 5.75 Å². The van der Waals surface area contributed by atoms with Gasteiger partial charge in [-0.1, -0.05) is 6.07 Å². The number of hydrogen-bond acceptors (Lipinski definition) is 4. The Morgan fingerprint density at radius 1 is 1.21 bits per heavy atom. The van der Waals surface area contributed by atoms with Crippen LogP contribution < -0.4 is 15.0 Å². The number of nitrogens with zero attached hydrogens (tertiary/aromatic N) is 2. The molecule has 1 N–H and O–H groups in total. The second-order valence-electron chi connectivity index (χ2n) is 4.49. The molecule has 2 aromatic rings. The molecule has 102 valence electrons. The molecule has 1 saturated heterocycles. The van der Waals surface area contributed by atoms with Crippen LogP contribution in [0.4, 0.5) is 5.69 Å². The average Bonchev–Trinajstić information content (AvgIpc) is 2.47. The van der Waals surface area contributed by atoms with E-state index in [9.17, 15) is 0 Å². The monoisotopic (exact) mass is 279 g/mol. The normalized spacial score (nSPS) is 15.1. The third kappa shape index (κ3) is 2.91. The lowest BCUT2D eigenvalue weighted by Crippen LogP contribution is -2.43. The van der Waals surface area contributed by atoms with Crippen LogP contribution in [-0.2, 0) is 0 Å². The minimum Gasteiger partial charge on any atom is -0.495 e. The summed E-state index contributed by atoms with van der Waals surface area (Å²) in [5, 5.41) is 4.48. The Hall–Kier alpha value is -1.52. The summed E-state index contributed by atoms with van der Waals surface area (Å²) in [7, 11) is 1.66. The van der Waals surface area contributed by atoms with Crippen LogP contribution in [0.1, 0.15) is 0 Å². The molecule has 1 aromatic carbocycles. The van der Waals surface area contributed by atoms with Crippen molar-refractivity contribution in [3.05, 3.63) is 30.5 Å². The Labute approximate surface area is 119 Å². The van der Waals surface area contributed by atoms with Gasteiger partial charge in [-0.25, -0.2) is 0 Å². The number of methoxy groups -OCH3 is 1. The molecule has 3 rings (SSSR count). The Bertz CT molecular complexity index is 555. The van der Waals surface area contributed by atoms with E-state index in [1.54, 1.807) is 13.3 Å². The maximum Gasteiger partial charge on any atom is 0.137 e. The summed E-state index contributed by atoms with van der Waals surface area (Å²) in [6.45, 7) is 4.21. The topological polar surface area (TPSA) is 37.4 Å². The van der Waals surface area contributed by atoms with Crippen molar-refractivity contribution in [1.29, 1.82) is 0 Å².